The summed E-state index contributed by atoms with van der Waals surface area (Å²) >= 11 is 0. The Labute approximate surface area is 153 Å². The van der Waals surface area contributed by atoms with Gasteiger partial charge in [-0.1, -0.05) is 0 Å². The highest BCUT2D eigenvalue weighted by Gasteiger charge is 2.22. The third-order valence-corrected chi connectivity index (χ3v) is 3.67. The molecule has 1 saturated carbocycles. The topological polar surface area (TPSA) is 103 Å². The van der Waals surface area contributed by atoms with Crippen molar-refractivity contribution in [3.63, 3.8) is 0 Å². The van der Waals surface area contributed by atoms with Crippen LogP contribution in [0.1, 0.15) is 49.9 Å². The van der Waals surface area contributed by atoms with Gasteiger partial charge in [0.15, 0.2) is 11.6 Å². The number of rotatable bonds is 5. The van der Waals surface area contributed by atoms with Gasteiger partial charge in [-0.25, -0.2) is 4.39 Å². The van der Waals surface area contributed by atoms with Gasteiger partial charge in [0, 0.05) is 12.1 Å². The van der Waals surface area contributed by atoms with E-state index in [4.69, 9.17) is 16.2 Å². The van der Waals surface area contributed by atoms with Crippen LogP contribution in [0.5, 0.6) is 5.88 Å². The predicted octanol–water partition coefficient (Wildman–Crippen LogP) is 2.63. The lowest BCUT2D eigenvalue weighted by atomic mass is 9.92. The van der Waals surface area contributed by atoms with Crippen LogP contribution in [-0.2, 0) is 0 Å². The zero-order valence-corrected chi connectivity index (χ0v) is 15.4. The Hall–Kier alpha value is -1.31. The lowest BCUT2D eigenvalue weighted by Gasteiger charge is -2.27. The van der Waals surface area contributed by atoms with Gasteiger partial charge in [-0.15, -0.1) is 24.8 Å². The number of hydrogen-bond acceptors (Lipinski definition) is 5. The van der Waals surface area contributed by atoms with Crippen LogP contribution in [0.25, 0.3) is 0 Å². The molecule has 0 atom stereocenters. The van der Waals surface area contributed by atoms with Gasteiger partial charge in [-0.3, -0.25) is 4.79 Å². The van der Waals surface area contributed by atoms with Gasteiger partial charge in [0.2, 0.25) is 5.88 Å². The highest BCUT2D eigenvalue weighted by molar-refractivity contribution is 5.95. The fourth-order valence-electron chi connectivity index (χ4n) is 2.52. The quantitative estimate of drug-likeness (QED) is 0.725. The lowest BCUT2D eigenvalue weighted by molar-refractivity contribution is 0.0992. The zero-order chi connectivity index (χ0) is 16.3. The van der Waals surface area contributed by atoms with E-state index in [-0.39, 0.29) is 60.3 Å². The Morgan fingerprint density at radius 3 is 2.42 bits per heavy atom. The number of halogens is 3. The van der Waals surface area contributed by atoms with Gasteiger partial charge < -0.3 is 21.5 Å². The number of nitrogens with zero attached hydrogens (tertiary/aromatic N) is 1. The van der Waals surface area contributed by atoms with E-state index in [1.807, 2.05) is 0 Å². The number of primary amides is 1. The molecule has 1 amide bonds. The third kappa shape index (κ3) is 5.96. The van der Waals surface area contributed by atoms with Crippen molar-refractivity contribution in [3.05, 3.63) is 17.4 Å². The summed E-state index contributed by atoms with van der Waals surface area (Å²) in [7, 11) is 0. The molecular weight excluding hydrogens is 358 g/mol. The van der Waals surface area contributed by atoms with Crippen LogP contribution in [0.3, 0.4) is 0 Å². The Kier molecular flexibility index (Phi) is 9.32. The number of nitrogens with one attached hydrogen (secondary N) is 1. The summed E-state index contributed by atoms with van der Waals surface area (Å²) in [5.74, 6) is -1.24. The van der Waals surface area contributed by atoms with E-state index in [1.54, 1.807) is 13.8 Å². The van der Waals surface area contributed by atoms with Crippen molar-refractivity contribution >= 4 is 36.5 Å². The first-order chi connectivity index (χ1) is 10.4. The molecule has 0 radical (unpaired) electrons. The third-order valence-electron chi connectivity index (χ3n) is 3.67. The second-order valence-corrected chi connectivity index (χ2v) is 5.96. The van der Waals surface area contributed by atoms with Crippen LogP contribution in [0, 0.1) is 5.82 Å². The van der Waals surface area contributed by atoms with E-state index >= 15 is 0 Å². The molecule has 0 aliphatic heterocycles. The van der Waals surface area contributed by atoms with Gasteiger partial charge in [-0.05, 0) is 45.6 Å². The predicted molar refractivity (Wildman–Crippen MR) is 96.8 cm³/mol. The first kappa shape index (κ1) is 22.7. The standard InChI is InChI=1S/C15H23FN4O2.2ClH/c1-8(2)22-15-11(13(18)21)7-12(16)14(20-15)19-10-5-3-9(17)4-6-10;;/h7-10H,3-6,17H2,1-2H3,(H2,18,21)(H,19,20);2*1H. The second kappa shape index (κ2) is 9.86. The molecular formula is C15H25Cl2FN4O2. The van der Waals surface area contributed by atoms with Gasteiger partial charge in [-0.2, -0.15) is 4.98 Å². The van der Waals surface area contributed by atoms with Gasteiger partial charge in [0.05, 0.1) is 6.10 Å². The summed E-state index contributed by atoms with van der Waals surface area (Å²) in [5, 5.41) is 3.08. The van der Waals surface area contributed by atoms with Crippen molar-refractivity contribution in [3.8, 4) is 5.88 Å². The number of ether oxygens (including phenoxy) is 1. The first-order valence-electron chi connectivity index (χ1n) is 7.56. The highest BCUT2D eigenvalue weighted by Crippen LogP contribution is 2.26. The van der Waals surface area contributed by atoms with Crippen LogP contribution in [0.2, 0.25) is 0 Å². The maximum atomic E-state index is 14.1. The van der Waals surface area contributed by atoms with E-state index in [1.165, 1.54) is 0 Å². The summed E-state index contributed by atoms with van der Waals surface area (Å²) in [5.41, 5.74) is 11.1. The Morgan fingerprint density at radius 2 is 1.92 bits per heavy atom. The largest absolute Gasteiger partial charge is 0.474 e. The molecule has 1 heterocycles. The minimum Gasteiger partial charge on any atom is -0.474 e. The maximum absolute atomic E-state index is 14.1. The molecule has 6 nitrogen and oxygen atoms in total. The summed E-state index contributed by atoms with van der Waals surface area (Å²) in [6, 6.07) is 1.41. The SMILES string of the molecule is CC(C)Oc1nc(NC2CCC(N)CC2)c(F)cc1C(N)=O.Cl.Cl. The van der Waals surface area contributed by atoms with Crippen LogP contribution >= 0.6 is 24.8 Å². The van der Waals surface area contributed by atoms with Crippen molar-refractivity contribution in [2.75, 3.05) is 5.32 Å². The van der Waals surface area contributed by atoms with Crippen molar-refractivity contribution in [1.29, 1.82) is 0 Å². The minimum absolute atomic E-state index is 0. The number of hydrogen-bond donors (Lipinski definition) is 3. The molecule has 2 rings (SSSR count). The number of carbonyl (C=O) groups is 1. The summed E-state index contributed by atoms with van der Waals surface area (Å²) in [4.78, 5) is 15.5. The van der Waals surface area contributed by atoms with Crippen molar-refractivity contribution < 1.29 is 13.9 Å². The van der Waals surface area contributed by atoms with Crippen LogP contribution < -0.4 is 21.5 Å². The number of aromatic nitrogens is 1. The van der Waals surface area contributed by atoms with Crippen molar-refractivity contribution in [2.24, 2.45) is 11.5 Å². The van der Waals surface area contributed by atoms with Gasteiger partial charge in [0.25, 0.3) is 5.91 Å². The normalized spacial score (nSPS) is 19.9. The highest BCUT2D eigenvalue weighted by atomic mass is 35.5. The molecule has 0 aromatic carbocycles. The molecule has 1 fully saturated rings. The molecule has 0 bridgehead atoms. The van der Waals surface area contributed by atoms with Crippen molar-refractivity contribution in [1.82, 2.24) is 4.98 Å². The van der Waals surface area contributed by atoms with Crippen LogP contribution in [0.15, 0.2) is 6.07 Å². The molecule has 24 heavy (non-hydrogen) atoms. The Bertz CT molecular complexity index is 553. The lowest BCUT2D eigenvalue weighted by Crippen LogP contribution is -2.33. The number of nitrogens with two attached hydrogens (primary N) is 2. The molecule has 0 saturated heterocycles. The Morgan fingerprint density at radius 1 is 1.33 bits per heavy atom. The minimum atomic E-state index is -0.766. The molecule has 0 spiro atoms. The molecule has 138 valence electrons. The number of amides is 1. The molecule has 1 aliphatic rings. The fraction of sp³-hybridized carbons (Fsp3) is 0.600. The summed E-state index contributed by atoms with van der Waals surface area (Å²) in [6.45, 7) is 3.59. The monoisotopic (exact) mass is 382 g/mol. The molecule has 1 aromatic heterocycles. The first-order valence-corrected chi connectivity index (χ1v) is 7.56. The average Bonchev–Trinajstić information content (AvgIpc) is 2.43. The number of anilines is 1. The average molecular weight is 383 g/mol. The van der Waals surface area contributed by atoms with E-state index in [2.05, 4.69) is 10.3 Å². The molecule has 5 N–H and O–H groups in total. The molecule has 1 aliphatic carbocycles. The fourth-order valence-corrected chi connectivity index (χ4v) is 2.52. The zero-order valence-electron chi connectivity index (χ0n) is 13.8. The summed E-state index contributed by atoms with van der Waals surface area (Å²) < 4.78 is 19.6. The number of pyridine rings is 1. The van der Waals surface area contributed by atoms with E-state index < -0.39 is 11.7 Å². The van der Waals surface area contributed by atoms with Crippen LogP contribution in [-0.4, -0.2) is 29.1 Å². The van der Waals surface area contributed by atoms with Crippen LogP contribution in [0.4, 0.5) is 10.2 Å². The van der Waals surface area contributed by atoms with E-state index in [0.717, 1.165) is 31.7 Å². The second-order valence-electron chi connectivity index (χ2n) is 5.96. The van der Waals surface area contributed by atoms with Gasteiger partial charge >= 0.3 is 0 Å². The maximum Gasteiger partial charge on any atom is 0.254 e. The molecule has 1 aromatic rings. The molecule has 0 unspecified atom stereocenters. The van der Waals surface area contributed by atoms with Gasteiger partial charge in [0.1, 0.15) is 5.56 Å². The van der Waals surface area contributed by atoms with E-state index in [9.17, 15) is 9.18 Å². The smallest absolute Gasteiger partial charge is 0.254 e. The summed E-state index contributed by atoms with van der Waals surface area (Å²) in [6.07, 6.45) is 3.32. The Balaban J connectivity index is 0.00000264. The number of carbonyl (C=O) groups excluding carboxylic acids is 1. The molecule has 9 heteroatoms. The van der Waals surface area contributed by atoms with Crippen molar-refractivity contribution in [2.45, 2.75) is 57.7 Å². The van der Waals surface area contributed by atoms with E-state index in [0.29, 0.717) is 0 Å².